The van der Waals surface area contributed by atoms with Gasteiger partial charge in [0.05, 0.1) is 13.2 Å². The molecule has 0 aliphatic carbocycles. The zero-order valence-electron chi connectivity index (χ0n) is 10.3. The molecule has 1 aromatic carbocycles. The Balaban J connectivity index is 1.67. The maximum absolute atomic E-state index is 13.0. The summed E-state index contributed by atoms with van der Waals surface area (Å²) in [5.74, 6) is 0.592. The van der Waals surface area contributed by atoms with Crippen LogP contribution in [0.4, 0.5) is 4.39 Å². The minimum atomic E-state index is -0.205. The van der Waals surface area contributed by atoms with Gasteiger partial charge in [-0.15, -0.1) is 6.58 Å². The van der Waals surface area contributed by atoms with E-state index in [0.29, 0.717) is 13.2 Å². The molecule has 3 nitrogen and oxygen atoms in total. The molecule has 1 unspecified atom stereocenters. The van der Waals surface area contributed by atoms with Crippen LogP contribution in [0.5, 0.6) is 5.75 Å². The lowest BCUT2D eigenvalue weighted by atomic mass is 10.1. The van der Waals surface area contributed by atoms with Gasteiger partial charge in [0, 0.05) is 25.1 Å². The Hall–Kier alpha value is -1.39. The Bertz CT molecular complexity index is 409. The van der Waals surface area contributed by atoms with Crippen molar-refractivity contribution in [2.45, 2.75) is 12.5 Å². The van der Waals surface area contributed by atoms with Gasteiger partial charge in [-0.3, -0.25) is 0 Å². The van der Waals surface area contributed by atoms with E-state index in [1.165, 1.54) is 6.07 Å². The van der Waals surface area contributed by atoms with Crippen LogP contribution in [-0.4, -0.2) is 32.4 Å². The Labute approximate surface area is 107 Å². The first-order valence-electron chi connectivity index (χ1n) is 6.14. The maximum atomic E-state index is 13.0. The second-order valence-electron chi connectivity index (χ2n) is 4.26. The van der Waals surface area contributed by atoms with Crippen LogP contribution < -0.4 is 10.1 Å². The predicted molar refractivity (Wildman–Crippen MR) is 68.4 cm³/mol. The summed E-state index contributed by atoms with van der Waals surface area (Å²) in [6.45, 7) is 6.32. The Morgan fingerprint density at radius 2 is 2.44 bits per heavy atom. The number of nitrogens with one attached hydrogen (secondary N) is 1. The molecule has 0 saturated carbocycles. The average Bonchev–Trinajstić information content (AvgIpc) is 2.75. The van der Waals surface area contributed by atoms with Crippen LogP contribution in [0.3, 0.4) is 0 Å². The summed E-state index contributed by atoms with van der Waals surface area (Å²) in [5.41, 5.74) is 0.949. The molecule has 18 heavy (non-hydrogen) atoms. The van der Waals surface area contributed by atoms with E-state index in [9.17, 15) is 4.39 Å². The van der Waals surface area contributed by atoms with Crippen molar-refractivity contribution in [2.75, 3.05) is 26.3 Å². The number of ether oxygens (including phenoxy) is 2. The molecule has 1 N–H and O–H groups in total. The van der Waals surface area contributed by atoms with Crippen LogP contribution in [0.1, 0.15) is 5.56 Å². The van der Waals surface area contributed by atoms with E-state index in [4.69, 9.17) is 9.47 Å². The summed E-state index contributed by atoms with van der Waals surface area (Å²) < 4.78 is 24.0. The molecule has 0 saturated heterocycles. The molecule has 0 bridgehead atoms. The SMILES string of the molecule is C=CCOCCNCC1Cc2cc(F)ccc2O1. The van der Waals surface area contributed by atoms with Crippen molar-refractivity contribution >= 4 is 0 Å². The Morgan fingerprint density at radius 3 is 3.28 bits per heavy atom. The van der Waals surface area contributed by atoms with Gasteiger partial charge in [-0.1, -0.05) is 6.08 Å². The normalized spacial score (nSPS) is 17.3. The first-order valence-corrected chi connectivity index (χ1v) is 6.14. The molecule has 4 heteroatoms. The molecule has 1 atom stereocenters. The van der Waals surface area contributed by atoms with Gasteiger partial charge < -0.3 is 14.8 Å². The highest BCUT2D eigenvalue weighted by Gasteiger charge is 2.22. The predicted octanol–water partition coefficient (Wildman–Crippen LogP) is 1.92. The van der Waals surface area contributed by atoms with Crippen LogP contribution in [0, 0.1) is 5.82 Å². The maximum Gasteiger partial charge on any atom is 0.123 e. The molecule has 1 aliphatic heterocycles. The van der Waals surface area contributed by atoms with E-state index < -0.39 is 0 Å². The second-order valence-corrected chi connectivity index (χ2v) is 4.26. The molecule has 0 aromatic heterocycles. The van der Waals surface area contributed by atoms with Crippen molar-refractivity contribution in [3.63, 3.8) is 0 Å². The molecule has 98 valence electrons. The molecular formula is C14H18FNO2. The zero-order valence-corrected chi connectivity index (χ0v) is 10.3. The molecule has 0 spiro atoms. The fraction of sp³-hybridized carbons (Fsp3) is 0.429. The number of hydrogen-bond acceptors (Lipinski definition) is 3. The lowest BCUT2D eigenvalue weighted by Gasteiger charge is -2.11. The first kappa shape index (κ1) is 13.1. The molecule has 2 rings (SSSR count). The smallest absolute Gasteiger partial charge is 0.123 e. The Kier molecular flexibility index (Phi) is 4.73. The monoisotopic (exact) mass is 251 g/mol. The van der Waals surface area contributed by atoms with Crippen molar-refractivity contribution in [2.24, 2.45) is 0 Å². The summed E-state index contributed by atoms with van der Waals surface area (Å²) in [6.07, 6.45) is 2.57. The molecule has 1 aliphatic rings. The first-order chi connectivity index (χ1) is 8.79. The number of hydrogen-bond donors (Lipinski definition) is 1. The van der Waals surface area contributed by atoms with Gasteiger partial charge in [-0.25, -0.2) is 4.39 Å². The van der Waals surface area contributed by atoms with Gasteiger partial charge in [0.15, 0.2) is 0 Å². The molecule has 1 heterocycles. The van der Waals surface area contributed by atoms with Crippen LogP contribution in [0.15, 0.2) is 30.9 Å². The third-order valence-corrected chi connectivity index (χ3v) is 2.79. The molecule has 0 amide bonds. The fourth-order valence-corrected chi connectivity index (χ4v) is 1.98. The highest BCUT2D eigenvalue weighted by molar-refractivity contribution is 5.37. The topological polar surface area (TPSA) is 30.5 Å². The summed E-state index contributed by atoms with van der Waals surface area (Å²) >= 11 is 0. The minimum Gasteiger partial charge on any atom is -0.488 e. The molecular weight excluding hydrogens is 233 g/mol. The lowest BCUT2D eigenvalue weighted by molar-refractivity contribution is 0.158. The van der Waals surface area contributed by atoms with Gasteiger partial charge in [0.1, 0.15) is 17.7 Å². The van der Waals surface area contributed by atoms with Crippen molar-refractivity contribution in [3.8, 4) is 5.75 Å². The quantitative estimate of drug-likeness (QED) is 0.593. The average molecular weight is 251 g/mol. The van der Waals surface area contributed by atoms with Crippen molar-refractivity contribution in [3.05, 3.63) is 42.2 Å². The van der Waals surface area contributed by atoms with E-state index in [1.807, 2.05) is 0 Å². The van der Waals surface area contributed by atoms with Crippen molar-refractivity contribution in [1.29, 1.82) is 0 Å². The Morgan fingerprint density at radius 1 is 1.56 bits per heavy atom. The third kappa shape index (κ3) is 3.55. The molecule has 1 aromatic rings. The van der Waals surface area contributed by atoms with Gasteiger partial charge in [-0.05, 0) is 18.2 Å². The standard InChI is InChI=1S/C14H18FNO2/c1-2-6-17-7-5-16-10-13-9-11-8-12(15)3-4-14(11)18-13/h2-4,8,13,16H,1,5-7,9-10H2. The van der Waals surface area contributed by atoms with Gasteiger partial charge in [-0.2, -0.15) is 0 Å². The summed E-state index contributed by atoms with van der Waals surface area (Å²) in [6, 6.07) is 4.66. The van der Waals surface area contributed by atoms with Gasteiger partial charge in [0.2, 0.25) is 0 Å². The largest absolute Gasteiger partial charge is 0.488 e. The second kappa shape index (κ2) is 6.52. The van der Waals surface area contributed by atoms with E-state index in [-0.39, 0.29) is 11.9 Å². The fourth-order valence-electron chi connectivity index (χ4n) is 1.98. The summed E-state index contributed by atoms with van der Waals surface area (Å²) in [7, 11) is 0. The number of halogens is 1. The van der Waals surface area contributed by atoms with E-state index in [0.717, 1.165) is 30.8 Å². The van der Waals surface area contributed by atoms with Crippen molar-refractivity contribution in [1.82, 2.24) is 5.32 Å². The lowest BCUT2D eigenvalue weighted by Crippen LogP contribution is -2.32. The zero-order chi connectivity index (χ0) is 12.8. The molecule has 0 radical (unpaired) electrons. The highest BCUT2D eigenvalue weighted by atomic mass is 19.1. The van der Waals surface area contributed by atoms with Crippen LogP contribution in [0.25, 0.3) is 0 Å². The van der Waals surface area contributed by atoms with Gasteiger partial charge in [0.25, 0.3) is 0 Å². The number of rotatable bonds is 7. The number of benzene rings is 1. The summed E-state index contributed by atoms with van der Waals surface area (Å²) in [4.78, 5) is 0. The summed E-state index contributed by atoms with van der Waals surface area (Å²) in [5, 5.41) is 3.26. The van der Waals surface area contributed by atoms with E-state index >= 15 is 0 Å². The van der Waals surface area contributed by atoms with Crippen LogP contribution in [-0.2, 0) is 11.2 Å². The van der Waals surface area contributed by atoms with Crippen LogP contribution in [0.2, 0.25) is 0 Å². The van der Waals surface area contributed by atoms with E-state index in [2.05, 4.69) is 11.9 Å². The highest BCUT2D eigenvalue weighted by Crippen LogP contribution is 2.28. The minimum absolute atomic E-state index is 0.0844. The number of fused-ring (bicyclic) bond motifs is 1. The van der Waals surface area contributed by atoms with Crippen LogP contribution >= 0.6 is 0 Å². The van der Waals surface area contributed by atoms with Crippen molar-refractivity contribution < 1.29 is 13.9 Å². The van der Waals surface area contributed by atoms with E-state index in [1.54, 1.807) is 18.2 Å². The van der Waals surface area contributed by atoms with Gasteiger partial charge >= 0.3 is 0 Å². The molecule has 0 fully saturated rings. The third-order valence-electron chi connectivity index (χ3n) is 2.79.